The second-order valence-electron chi connectivity index (χ2n) is 6.18. The van der Waals surface area contributed by atoms with Crippen LogP contribution in [0, 0.1) is 5.92 Å². The van der Waals surface area contributed by atoms with E-state index < -0.39 is 0 Å². The van der Waals surface area contributed by atoms with E-state index in [2.05, 4.69) is 43.1 Å². The van der Waals surface area contributed by atoms with E-state index >= 15 is 0 Å². The number of allylic oxidation sites excluding steroid dienone is 1. The van der Waals surface area contributed by atoms with Crippen LogP contribution in [-0.4, -0.2) is 6.54 Å². The number of ether oxygens (including phenoxy) is 1. The first kappa shape index (κ1) is 18.3. The average molecular weight is 323 g/mol. The highest BCUT2D eigenvalue weighted by molar-refractivity contribution is 5.27. The fraction of sp³-hybridized carbons (Fsp3) is 0.364. The molecule has 0 spiro atoms. The zero-order chi connectivity index (χ0) is 17.0. The lowest BCUT2D eigenvalue weighted by Crippen LogP contribution is -2.17. The molecule has 0 heterocycles. The van der Waals surface area contributed by atoms with E-state index in [1.165, 1.54) is 24.0 Å². The maximum atomic E-state index is 5.82. The molecule has 0 saturated carbocycles. The van der Waals surface area contributed by atoms with Crippen molar-refractivity contribution in [1.29, 1.82) is 0 Å². The Balaban J connectivity index is 1.69. The third-order valence-corrected chi connectivity index (χ3v) is 4.31. The minimum Gasteiger partial charge on any atom is -0.489 e. The Morgan fingerprint density at radius 2 is 1.79 bits per heavy atom. The molecule has 0 aliphatic heterocycles. The summed E-state index contributed by atoms with van der Waals surface area (Å²) in [6, 6.07) is 18.6. The maximum absolute atomic E-state index is 5.82. The molecule has 128 valence electrons. The van der Waals surface area contributed by atoms with Crippen molar-refractivity contribution in [3.05, 3.63) is 78.4 Å². The van der Waals surface area contributed by atoms with Gasteiger partial charge in [-0.1, -0.05) is 61.9 Å². The number of nitrogens with one attached hydrogen (secondary N) is 1. The van der Waals surface area contributed by atoms with Gasteiger partial charge in [0.25, 0.3) is 0 Å². The summed E-state index contributed by atoms with van der Waals surface area (Å²) in [5.41, 5.74) is 2.48. The average Bonchev–Trinajstić information content (AvgIpc) is 2.64. The maximum Gasteiger partial charge on any atom is 0.119 e. The lowest BCUT2D eigenvalue weighted by molar-refractivity contribution is 0.306. The fourth-order valence-corrected chi connectivity index (χ4v) is 2.71. The van der Waals surface area contributed by atoms with Gasteiger partial charge in [0.15, 0.2) is 0 Å². The van der Waals surface area contributed by atoms with E-state index in [4.69, 9.17) is 4.74 Å². The molecule has 0 aliphatic carbocycles. The van der Waals surface area contributed by atoms with E-state index in [-0.39, 0.29) is 0 Å². The molecule has 2 heteroatoms. The van der Waals surface area contributed by atoms with Crippen molar-refractivity contribution in [3.63, 3.8) is 0 Å². The second-order valence-corrected chi connectivity index (χ2v) is 6.18. The molecular formula is C22H29NO. The Morgan fingerprint density at radius 1 is 1.04 bits per heavy atom. The Hall–Kier alpha value is -2.06. The fourth-order valence-electron chi connectivity index (χ4n) is 2.71. The molecule has 1 unspecified atom stereocenters. The third kappa shape index (κ3) is 6.59. The zero-order valence-electron chi connectivity index (χ0n) is 14.7. The summed E-state index contributed by atoms with van der Waals surface area (Å²) in [4.78, 5) is 0. The molecule has 0 amide bonds. The molecule has 0 radical (unpaired) electrons. The van der Waals surface area contributed by atoms with Crippen molar-refractivity contribution < 1.29 is 4.74 Å². The molecule has 2 aromatic carbocycles. The first-order valence-corrected chi connectivity index (χ1v) is 8.89. The van der Waals surface area contributed by atoms with Crippen molar-refractivity contribution in [3.8, 4) is 5.75 Å². The zero-order valence-corrected chi connectivity index (χ0v) is 14.7. The molecule has 24 heavy (non-hydrogen) atoms. The smallest absolute Gasteiger partial charge is 0.119 e. The van der Waals surface area contributed by atoms with Crippen LogP contribution in [0.1, 0.15) is 37.3 Å². The standard InChI is InChI=1S/C22H29NO/c1-3-8-19(4-2)15-16-23-17-20-11-13-22(14-12-20)24-18-21-9-6-5-7-10-21/h3,5-7,9-14,19,23H,1,4,8,15-18H2,2H3. The van der Waals surface area contributed by atoms with E-state index in [0.717, 1.165) is 31.2 Å². The van der Waals surface area contributed by atoms with Gasteiger partial charge < -0.3 is 10.1 Å². The second kappa shape index (κ2) is 10.7. The third-order valence-electron chi connectivity index (χ3n) is 4.31. The molecule has 2 nitrogen and oxygen atoms in total. The highest BCUT2D eigenvalue weighted by atomic mass is 16.5. The van der Waals surface area contributed by atoms with Crippen LogP contribution in [-0.2, 0) is 13.2 Å². The highest BCUT2D eigenvalue weighted by Gasteiger charge is 2.03. The SMILES string of the molecule is C=CCC(CC)CCNCc1ccc(OCc2ccccc2)cc1. The normalized spacial score (nSPS) is 11.9. The Bertz CT molecular complexity index is 577. The Kier molecular flexibility index (Phi) is 8.12. The van der Waals surface area contributed by atoms with Gasteiger partial charge in [-0.2, -0.15) is 0 Å². The number of rotatable bonds is 11. The van der Waals surface area contributed by atoms with Crippen LogP contribution in [0.3, 0.4) is 0 Å². The van der Waals surface area contributed by atoms with Crippen LogP contribution in [0.25, 0.3) is 0 Å². The summed E-state index contributed by atoms with van der Waals surface area (Å²) in [7, 11) is 0. The Morgan fingerprint density at radius 3 is 2.46 bits per heavy atom. The topological polar surface area (TPSA) is 21.3 Å². The van der Waals surface area contributed by atoms with Crippen molar-refractivity contribution >= 4 is 0 Å². The molecular weight excluding hydrogens is 294 g/mol. The largest absolute Gasteiger partial charge is 0.489 e. The molecule has 0 fully saturated rings. The summed E-state index contributed by atoms with van der Waals surface area (Å²) < 4.78 is 5.82. The molecule has 2 aromatic rings. The lowest BCUT2D eigenvalue weighted by atomic mass is 9.98. The molecule has 2 rings (SSSR count). The van der Waals surface area contributed by atoms with E-state index in [1.54, 1.807) is 0 Å². The minimum absolute atomic E-state index is 0.611. The van der Waals surface area contributed by atoms with Crippen molar-refractivity contribution in [2.24, 2.45) is 5.92 Å². The molecule has 0 saturated heterocycles. The number of hydrogen-bond donors (Lipinski definition) is 1. The molecule has 0 bridgehead atoms. The van der Waals surface area contributed by atoms with Gasteiger partial charge in [0.05, 0.1) is 0 Å². The van der Waals surface area contributed by atoms with Gasteiger partial charge in [0, 0.05) is 6.54 Å². The summed E-state index contributed by atoms with van der Waals surface area (Å²) >= 11 is 0. The number of hydrogen-bond acceptors (Lipinski definition) is 2. The summed E-state index contributed by atoms with van der Waals surface area (Å²) in [5, 5.41) is 3.53. The Labute approximate surface area is 146 Å². The first-order valence-electron chi connectivity index (χ1n) is 8.89. The van der Waals surface area contributed by atoms with Gasteiger partial charge in [0.1, 0.15) is 12.4 Å². The molecule has 1 N–H and O–H groups in total. The van der Waals surface area contributed by atoms with Crippen LogP contribution in [0.2, 0.25) is 0 Å². The van der Waals surface area contributed by atoms with Gasteiger partial charge in [-0.05, 0) is 48.6 Å². The monoisotopic (exact) mass is 323 g/mol. The number of benzene rings is 2. The lowest BCUT2D eigenvalue weighted by Gasteiger charge is -2.13. The van der Waals surface area contributed by atoms with Crippen LogP contribution in [0.4, 0.5) is 0 Å². The van der Waals surface area contributed by atoms with Gasteiger partial charge in [-0.15, -0.1) is 6.58 Å². The van der Waals surface area contributed by atoms with E-state index in [9.17, 15) is 0 Å². The quantitative estimate of drug-likeness (QED) is 0.445. The van der Waals surface area contributed by atoms with Gasteiger partial charge in [0.2, 0.25) is 0 Å². The summed E-state index contributed by atoms with van der Waals surface area (Å²) in [6.07, 6.45) is 5.58. The van der Waals surface area contributed by atoms with Crippen LogP contribution in [0.15, 0.2) is 67.3 Å². The highest BCUT2D eigenvalue weighted by Crippen LogP contribution is 2.15. The predicted molar refractivity (Wildman–Crippen MR) is 102 cm³/mol. The van der Waals surface area contributed by atoms with Crippen molar-refractivity contribution in [2.75, 3.05) is 6.54 Å². The summed E-state index contributed by atoms with van der Waals surface area (Å²) in [6.45, 7) is 8.66. The van der Waals surface area contributed by atoms with Crippen LogP contribution in [0.5, 0.6) is 5.75 Å². The van der Waals surface area contributed by atoms with E-state index in [0.29, 0.717) is 6.61 Å². The predicted octanol–water partition coefficient (Wildman–Crippen LogP) is 5.35. The van der Waals surface area contributed by atoms with Crippen LogP contribution >= 0.6 is 0 Å². The van der Waals surface area contributed by atoms with Crippen molar-refractivity contribution in [1.82, 2.24) is 5.32 Å². The van der Waals surface area contributed by atoms with Gasteiger partial charge in [-0.25, -0.2) is 0 Å². The van der Waals surface area contributed by atoms with Gasteiger partial charge >= 0.3 is 0 Å². The molecule has 0 aliphatic rings. The van der Waals surface area contributed by atoms with Crippen molar-refractivity contribution in [2.45, 2.75) is 39.3 Å². The van der Waals surface area contributed by atoms with Gasteiger partial charge in [-0.3, -0.25) is 0 Å². The minimum atomic E-state index is 0.611. The molecule has 0 aromatic heterocycles. The first-order chi connectivity index (χ1) is 11.8. The summed E-state index contributed by atoms with van der Waals surface area (Å²) in [5.74, 6) is 1.67. The van der Waals surface area contributed by atoms with Crippen LogP contribution < -0.4 is 10.1 Å². The molecule has 1 atom stereocenters. The van der Waals surface area contributed by atoms with E-state index in [1.807, 2.05) is 36.4 Å².